The summed E-state index contributed by atoms with van der Waals surface area (Å²) in [5.41, 5.74) is 0.212. The summed E-state index contributed by atoms with van der Waals surface area (Å²) < 4.78 is 16.8. The molecule has 2 aliphatic heterocycles. The van der Waals surface area contributed by atoms with Gasteiger partial charge in [-0.15, -0.1) is 0 Å². The number of amides is 3. The van der Waals surface area contributed by atoms with E-state index in [2.05, 4.69) is 5.32 Å². The Morgan fingerprint density at radius 1 is 1.17 bits per heavy atom. The minimum Gasteiger partial charge on any atom is -0.494 e. The lowest BCUT2D eigenvalue weighted by atomic mass is 9.92. The first-order chi connectivity index (χ1) is 14.4. The van der Waals surface area contributed by atoms with E-state index < -0.39 is 11.6 Å². The van der Waals surface area contributed by atoms with Crippen LogP contribution >= 0.6 is 11.6 Å². The highest BCUT2D eigenvalue weighted by molar-refractivity contribution is 6.32. The van der Waals surface area contributed by atoms with Crippen molar-refractivity contribution in [3.63, 3.8) is 0 Å². The highest BCUT2D eigenvalue weighted by Crippen LogP contribution is 2.39. The van der Waals surface area contributed by atoms with Crippen LogP contribution in [-0.2, 0) is 16.9 Å². The quantitative estimate of drug-likeness (QED) is 0.729. The van der Waals surface area contributed by atoms with Gasteiger partial charge in [-0.25, -0.2) is 4.79 Å². The van der Waals surface area contributed by atoms with Crippen molar-refractivity contribution in [1.29, 1.82) is 0 Å². The number of hydrogen-bond donors (Lipinski definition) is 1. The van der Waals surface area contributed by atoms with Crippen molar-refractivity contribution >= 4 is 23.5 Å². The number of hydrogen-bond acceptors (Lipinski definition) is 5. The van der Waals surface area contributed by atoms with E-state index in [-0.39, 0.29) is 12.5 Å². The van der Waals surface area contributed by atoms with Crippen LogP contribution in [0, 0.1) is 0 Å². The van der Waals surface area contributed by atoms with Gasteiger partial charge in [-0.2, -0.15) is 0 Å². The lowest BCUT2D eigenvalue weighted by Crippen LogP contribution is -2.40. The van der Waals surface area contributed by atoms with Crippen LogP contribution in [0.25, 0.3) is 0 Å². The average Bonchev–Trinajstić information content (AvgIpc) is 2.89. The highest BCUT2D eigenvalue weighted by atomic mass is 35.5. The molecule has 1 fully saturated rings. The van der Waals surface area contributed by atoms with Crippen molar-refractivity contribution in [1.82, 2.24) is 10.2 Å². The van der Waals surface area contributed by atoms with Crippen LogP contribution in [-0.4, -0.2) is 36.7 Å². The van der Waals surface area contributed by atoms with Crippen molar-refractivity contribution in [2.45, 2.75) is 32.4 Å². The molecule has 1 saturated heterocycles. The van der Waals surface area contributed by atoms with Crippen molar-refractivity contribution in [3.05, 3.63) is 52.5 Å². The van der Waals surface area contributed by atoms with E-state index in [0.717, 1.165) is 6.42 Å². The number of carbonyl (C=O) groups is 2. The van der Waals surface area contributed by atoms with Gasteiger partial charge < -0.3 is 19.5 Å². The minimum atomic E-state index is -1.16. The number of nitrogens with one attached hydrogen (secondary N) is 1. The third-order valence-corrected chi connectivity index (χ3v) is 5.50. The summed E-state index contributed by atoms with van der Waals surface area (Å²) in [7, 11) is 0. The third kappa shape index (κ3) is 3.65. The molecule has 2 aromatic rings. The van der Waals surface area contributed by atoms with E-state index in [4.69, 9.17) is 25.8 Å². The predicted octanol–water partition coefficient (Wildman–Crippen LogP) is 3.87. The third-order valence-electron chi connectivity index (χ3n) is 5.22. The van der Waals surface area contributed by atoms with Crippen LogP contribution < -0.4 is 19.5 Å². The number of ether oxygens (including phenoxy) is 3. The van der Waals surface area contributed by atoms with Crippen molar-refractivity contribution in [2.24, 2.45) is 0 Å². The molecule has 8 heteroatoms. The summed E-state index contributed by atoms with van der Waals surface area (Å²) >= 11 is 6.35. The number of urea groups is 1. The zero-order valence-electron chi connectivity index (χ0n) is 16.9. The molecule has 1 unspecified atom stereocenters. The number of halogens is 1. The molecule has 1 N–H and O–H groups in total. The first-order valence-corrected chi connectivity index (χ1v) is 10.3. The molecular weight excluding hydrogens is 408 g/mol. The average molecular weight is 431 g/mol. The fourth-order valence-corrected chi connectivity index (χ4v) is 3.93. The Balaban J connectivity index is 1.57. The van der Waals surface area contributed by atoms with Crippen LogP contribution in [0.3, 0.4) is 0 Å². The number of imide groups is 1. The lowest BCUT2D eigenvalue weighted by molar-refractivity contribution is -0.131. The Labute approximate surface area is 179 Å². The van der Waals surface area contributed by atoms with Gasteiger partial charge in [0.15, 0.2) is 11.5 Å². The van der Waals surface area contributed by atoms with Gasteiger partial charge in [-0.3, -0.25) is 9.69 Å². The number of carbonyl (C=O) groups excluding carboxylic acids is 2. The summed E-state index contributed by atoms with van der Waals surface area (Å²) in [6, 6.07) is 10.2. The van der Waals surface area contributed by atoms with Crippen LogP contribution in [0.2, 0.25) is 5.02 Å². The van der Waals surface area contributed by atoms with Crippen LogP contribution in [0.5, 0.6) is 17.2 Å². The molecule has 0 aromatic heterocycles. The van der Waals surface area contributed by atoms with Gasteiger partial charge in [0.25, 0.3) is 5.91 Å². The summed E-state index contributed by atoms with van der Waals surface area (Å²) in [5, 5.41) is 3.21. The number of rotatable bonds is 5. The molecule has 2 aromatic carbocycles. The van der Waals surface area contributed by atoms with Crippen molar-refractivity contribution < 1.29 is 23.8 Å². The number of nitrogens with zero attached hydrogens (tertiary/aromatic N) is 1. The van der Waals surface area contributed by atoms with E-state index >= 15 is 0 Å². The molecular formula is C22H23ClN2O5. The normalized spacial score (nSPS) is 20.7. The summed E-state index contributed by atoms with van der Waals surface area (Å²) in [6.07, 6.45) is 0.758. The number of benzene rings is 2. The van der Waals surface area contributed by atoms with Gasteiger partial charge >= 0.3 is 6.03 Å². The van der Waals surface area contributed by atoms with Gasteiger partial charge in [0, 0.05) is 6.42 Å². The van der Waals surface area contributed by atoms with E-state index in [1.807, 2.05) is 6.92 Å². The zero-order valence-corrected chi connectivity index (χ0v) is 17.6. The Morgan fingerprint density at radius 2 is 1.90 bits per heavy atom. The smallest absolute Gasteiger partial charge is 0.325 e. The number of fused-ring (bicyclic) bond motifs is 1. The van der Waals surface area contributed by atoms with Gasteiger partial charge in [0.1, 0.15) is 11.3 Å². The molecule has 1 atom stereocenters. The van der Waals surface area contributed by atoms with Gasteiger partial charge in [-0.1, -0.05) is 23.7 Å². The first kappa shape index (κ1) is 20.3. The molecule has 0 spiro atoms. The van der Waals surface area contributed by atoms with E-state index in [9.17, 15) is 9.59 Å². The first-order valence-electron chi connectivity index (χ1n) is 9.88. The largest absolute Gasteiger partial charge is 0.494 e. The second kappa shape index (κ2) is 8.07. The summed E-state index contributed by atoms with van der Waals surface area (Å²) in [5.74, 6) is 1.39. The zero-order chi connectivity index (χ0) is 21.3. The van der Waals surface area contributed by atoms with E-state index in [0.29, 0.717) is 53.2 Å². The van der Waals surface area contributed by atoms with Crippen LogP contribution in [0.4, 0.5) is 4.79 Å². The standard InChI is InChI=1S/C22H23ClN2O5/c1-3-28-16-7-5-15(6-8-16)22(2)20(26)25(21(27)24-22)13-14-11-17(23)19-18(12-14)29-9-4-10-30-19/h5-8,11-12H,3-4,9-10,13H2,1-2H3,(H,24,27). The van der Waals surface area contributed by atoms with Gasteiger partial charge in [0.2, 0.25) is 0 Å². The Bertz CT molecular complexity index is 978. The highest BCUT2D eigenvalue weighted by Gasteiger charge is 2.49. The maximum Gasteiger partial charge on any atom is 0.325 e. The van der Waals surface area contributed by atoms with Gasteiger partial charge in [0.05, 0.1) is 31.4 Å². The molecule has 4 rings (SSSR count). The molecule has 0 aliphatic carbocycles. The van der Waals surface area contributed by atoms with E-state index in [1.165, 1.54) is 4.90 Å². The topological polar surface area (TPSA) is 77.1 Å². The molecule has 2 aliphatic rings. The molecule has 158 valence electrons. The van der Waals surface area contributed by atoms with Crippen molar-refractivity contribution in [3.8, 4) is 17.2 Å². The second-order valence-corrected chi connectivity index (χ2v) is 7.77. The monoisotopic (exact) mass is 430 g/mol. The SMILES string of the molecule is CCOc1ccc(C2(C)NC(=O)N(Cc3cc(Cl)c4c(c3)OCCCO4)C2=O)cc1. The molecule has 7 nitrogen and oxygen atoms in total. The van der Waals surface area contributed by atoms with E-state index in [1.54, 1.807) is 43.3 Å². The Kier molecular flexibility index (Phi) is 5.47. The molecule has 30 heavy (non-hydrogen) atoms. The summed E-state index contributed by atoms with van der Waals surface area (Å²) in [4.78, 5) is 27.0. The Morgan fingerprint density at radius 3 is 2.63 bits per heavy atom. The summed E-state index contributed by atoms with van der Waals surface area (Å²) in [6.45, 7) is 5.28. The predicted molar refractivity (Wildman–Crippen MR) is 111 cm³/mol. The second-order valence-electron chi connectivity index (χ2n) is 7.36. The Hall–Kier alpha value is -2.93. The fraction of sp³-hybridized carbons (Fsp3) is 0.364. The molecule has 0 saturated carbocycles. The van der Waals surface area contributed by atoms with Crippen molar-refractivity contribution in [2.75, 3.05) is 19.8 Å². The lowest BCUT2D eigenvalue weighted by Gasteiger charge is -2.22. The van der Waals surface area contributed by atoms with Crippen LogP contribution in [0.1, 0.15) is 31.4 Å². The van der Waals surface area contributed by atoms with Crippen LogP contribution in [0.15, 0.2) is 36.4 Å². The maximum absolute atomic E-state index is 13.2. The van der Waals surface area contributed by atoms with Gasteiger partial charge in [-0.05, 0) is 49.2 Å². The molecule has 0 bridgehead atoms. The fourth-order valence-electron chi connectivity index (χ4n) is 3.65. The molecule has 3 amide bonds. The minimum absolute atomic E-state index is 0.0770. The maximum atomic E-state index is 13.2. The molecule has 0 radical (unpaired) electrons. The molecule has 2 heterocycles.